The third-order valence-electron chi connectivity index (χ3n) is 8.14. The van der Waals surface area contributed by atoms with E-state index in [2.05, 4.69) is 24.5 Å². The molecular formula is C28H50N2O4. The summed E-state index contributed by atoms with van der Waals surface area (Å²) in [7, 11) is 0. The molecule has 6 heterocycles. The maximum Gasteiger partial charge on any atom is 0.306 e. The number of hydrogen-bond acceptors (Lipinski definition) is 6. The van der Waals surface area contributed by atoms with Crippen molar-refractivity contribution in [2.45, 2.75) is 166 Å². The topological polar surface area (TPSA) is 76.7 Å². The molecule has 6 rings (SSSR count). The first-order valence-electron chi connectivity index (χ1n) is 14.4. The zero-order valence-corrected chi connectivity index (χ0v) is 21.8. The molecule has 2 N–H and O–H groups in total. The molecule has 0 aromatic heterocycles. The Kier molecular flexibility index (Phi) is 12.2. The molecule has 6 aliphatic rings. The van der Waals surface area contributed by atoms with Crippen molar-refractivity contribution in [3.63, 3.8) is 0 Å². The fraction of sp³-hybridized carbons (Fsp3) is 0.929. The van der Waals surface area contributed by atoms with Crippen molar-refractivity contribution < 1.29 is 19.1 Å². The van der Waals surface area contributed by atoms with Crippen molar-refractivity contribution in [3.8, 4) is 0 Å². The zero-order valence-electron chi connectivity index (χ0n) is 21.8. The standard InChI is InChI=1S/C28H50N2O4/c1-21-25-19-17-23(29-21)13-9-5-3-8-12-16-28(32)34-26-20-18-24(30-22(26)2)14-10-6-4-7-11-15-27(31)33-25/h21-26,29-30H,3-20H2,1-2H3/t21-,22-,23-,24+,25+,26-/m0/s1. The van der Waals surface area contributed by atoms with Crippen molar-refractivity contribution in [3.05, 3.63) is 0 Å². The van der Waals surface area contributed by atoms with Gasteiger partial charge in [-0.25, -0.2) is 0 Å². The Hall–Kier alpha value is -1.14. The Bertz CT molecular complexity index is 561. The van der Waals surface area contributed by atoms with Crippen LogP contribution in [0.3, 0.4) is 0 Å². The van der Waals surface area contributed by atoms with E-state index in [1.807, 2.05) is 0 Å². The molecule has 34 heavy (non-hydrogen) atoms. The minimum absolute atomic E-state index is 0.0193. The molecular weight excluding hydrogens is 428 g/mol. The molecule has 0 amide bonds. The van der Waals surface area contributed by atoms with Gasteiger partial charge in [-0.1, -0.05) is 51.4 Å². The molecule has 4 bridgehead atoms. The summed E-state index contributed by atoms with van der Waals surface area (Å²) in [5.74, 6) is -0.0385. The van der Waals surface area contributed by atoms with E-state index < -0.39 is 0 Å². The lowest BCUT2D eigenvalue weighted by Gasteiger charge is -2.35. The lowest BCUT2D eigenvalue weighted by atomic mass is 9.92. The molecule has 6 heteroatoms. The summed E-state index contributed by atoms with van der Waals surface area (Å²) >= 11 is 0. The predicted octanol–water partition coefficient (Wildman–Crippen LogP) is 5.57. The number of rotatable bonds is 0. The SMILES string of the molecule is C[C@@H]1N[C@@H]2CCCCCCCC(=O)O[C@@H]3CC[C@H](CCCCCCCC(=O)O[C@H]1CC2)N[C@H]3C. The molecule has 6 aliphatic heterocycles. The van der Waals surface area contributed by atoms with Crippen molar-refractivity contribution in [1.82, 2.24) is 10.6 Å². The predicted molar refractivity (Wildman–Crippen MR) is 136 cm³/mol. The summed E-state index contributed by atoms with van der Waals surface area (Å²) in [6, 6.07) is 1.53. The highest BCUT2D eigenvalue weighted by Crippen LogP contribution is 2.23. The van der Waals surface area contributed by atoms with E-state index in [9.17, 15) is 9.59 Å². The molecule has 6 nitrogen and oxygen atoms in total. The lowest BCUT2D eigenvalue weighted by molar-refractivity contribution is -0.153. The summed E-state index contributed by atoms with van der Waals surface area (Å²) in [6.07, 6.45) is 18.9. The van der Waals surface area contributed by atoms with Crippen LogP contribution in [0.2, 0.25) is 0 Å². The molecule has 0 radical (unpaired) electrons. The van der Waals surface area contributed by atoms with E-state index >= 15 is 0 Å². The van der Waals surface area contributed by atoms with Gasteiger partial charge in [-0.2, -0.15) is 0 Å². The molecule has 196 valence electrons. The van der Waals surface area contributed by atoms with Gasteiger partial charge in [0.05, 0.1) is 0 Å². The Morgan fingerprint density at radius 2 is 0.912 bits per heavy atom. The third kappa shape index (κ3) is 9.85. The second kappa shape index (κ2) is 15.1. The zero-order chi connectivity index (χ0) is 24.2. The lowest BCUT2D eigenvalue weighted by Crippen LogP contribution is -2.50. The first-order valence-corrected chi connectivity index (χ1v) is 14.4. The minimum Gasteiger partial charge on any atom is -0.461 e. The van der Waals surface area contributed by atoms with Gasteiger partial charge >= 0.3 is 11.9 Å². The Morgan fingerprint density at radius 1 is 0.529 bits per heavy atom. The monoisotopic (exact) mass is 478 g/mol. The highest BCUT2D eigenvalue weighted by atomic mass is 16.5. The summed E-state index contributed by atoms with van der Waals surface area (Å²) in [6.45, 7) is 4.31. The van der Waals surface area contributed by atoms with E-state index in [0.29, 0.717) is 24.9 Å². The van der Waals surface area contributed by atoms with E-state index in [1.54, 1.807) is 0 Å². The molecule has 0 aromatic carbocycles. The Labute approximate surface area is 207 Å². The third-order valence-corrected chi connectivity index (χ3v) is 8.14. The largest absolute Gasteiger partial charge is 0.461 e. The molecule has 0 saturated carbocycles. The number of piperidine rings is 2. The normalized spacial score (nSPS) is 36.5. The van der Waals surface area contributed by atoms with Crippen molar-refractivity contribution >= 4 is 11.9 Å². The maximum absolute atomic E-state index is 12.3. The van der Waals surface area contributed by atoms with Gasteiger partial charge < -0.3 is 20.1 Å². The molecule has 0 unspecified atom stereocenters. The van der Waals surface area contributed by atoms with Gasteiger partial charge in [0.2, 0.25) is 0 Å². The number of nitrogens with one attached hydrogen (secondary N) is 2. The number of esters is 2. The van der Waals surface area contributed by atoms with Gasteiger partial charge in [0.1, 0.15) is 12.2 Å². The van der Waals surface area contributed by atoms with Gasteiger partial charge in [0.25, 0.3) is 0 Å². The van der Waals surface area contributed by atoms with Crippen LogP contribution in [-0.4, -0.2) is 48.3 Å². The molecule has 6 atom stereocenters. The first-order chi connectivity index (χ1) is 16.5. The molecule has 0 aliphatic carbocycles. The van der Waals surface area contributed by atoms with Crippen molar-refractivity contribution in [2.24, 2.45) is 0 Å². The Balaban J connectivity index is 1.43. The second-order valence-electron chi connectivity index (χ2n) is 11.1. The van der Waals surface area contributed by atoms with E-state index in [-0.39, 0.29) is 36.2 Å². The van der Waals surface area contributed by atoms with Crippen molar-refractivity contribution in [2.75, 3.05) is 0 Å². The average Bonchev–Trinajstić information content (AvgIpc) is 2.80. The van der Waals surface area contributed by atoms with E-state index in [1.165, 1.54) is 51.4 Å². The summed E-state index contributed by atoms with van der Waals surface area (Å²) < 4.78 is 11.6. The van der Waals surface area contributed by atoms with Crippen molar-refractivity contribution in [1.29, 1.82) is 0 Å². The summed E-state index contributed by atoms with van der Waals surface area (Å²) in [5, 5.41) is 7.35. The van der Waals surface area contributed by atoms with Gasteiger partial charge in [0, 0.05) is 37.0 Å². The molecule has 6 fully saturated rings. The minimum atomic E-state index is -0.0193. The van der Waals surface area contributed by atoms with Crippen LogP contribution in [0.25, 0.3) is 0 Å². The average molecular weight is 479 g/mol. The quantitative estimate of drug-likeness (QED) is 0.444. The van der Waals surface area contributed by atoms with Crippen LogP contribution in [0, 0.1) is 0 Å². The number of carbonyl (C=O) groups is 2. The van der Waals surface area contributed by atoms with E-state index in [4.69, 9.17) is 9.47 Å². The van der Waals surface area contributed by atoms with Gasteiger partial charge in [-0.15, -0.1) is 0 Å². The Morgan fingerprint density at radius 3 is 1.32 bits per heavy atom. The van der Waals surface area contributed by atoms with Crippen LogP contribution < -0.4 is 10.6 Å². The van der Waals surface area contributed by atoms with Crippen LogP contribution in [0.15, 0.2) is 0 Å². The molecule has 0 spiro atoms. The van der Waals surface area contributed by atoms with Crippen LogP contribution >= 0.6 is 0 Å². The highest BCUT2D eigenvalue weighted by molar-refractivity contribution is 5.69. The fourth-order valence-electron chi connectivity index (χ4n) is 5.97. The van der Waals surface area contributed by atoms with Crippen LogP contribution in [0.4, 0.5) is 0 Å². The second-order valence-corrected chi connectivity index (χ2v) is 11.1. The summed E-state index contributed by atoms with van der Waals surface area (Å²) in [4.78, 5) is 24.6. The van der Waals surface area contributed by atoms with Gasteiger partial charge in [-0.3, -0.25) is 9.59 Å². The maximum atomic E-state index is 12.3. The number of carbonyl (C=O) groups excluding carboxylic acids is 2. The fourth-order valence-corrected chi connectivity index (χ4v) is 5.97. The van der Waals surface area contributed by atoms with Crippen LogP contribution in [0.1, 0.15) is 129 Å². The van der Waals surface area contributed by atoms with Crippen LogP contribution in [-0.2, 0) is 19.1 Å². The number of ether oxygens (including phenoxy) is 2. The molecule has 0 aromatic rings. The smallest absolute Gasteiger partial charge is 0.306 e. The first kappa shape index (κ1) is 27.4. The summed E-state index contributed by atoms with van der Waals surface area (Å²) in [5.41, 5.74) is 0. The van der Waals surface area contributed by atoms with Crippen LogP contribution in [0.5, 0.6) is 0 Å². The van der Waals surface area contributed by atoms with Gasteiger partial charge in [0.15, 0.2) is 0 Å². The van der Waals surface area contributed by atoms with E-state index in [0.717, 1.165) is 51.4 Å². The van der Waals surface area contributed by atoms with Gasteiger partial charge in [-0.05, 0) is 65.2 Å². The molecule has 6 saturated heterocycles. The highest BCUT2D eigenvalue weighted by Gasteiger charge is 2.30. The number of hydrogen-bond donors (Lipinski definition) is 2.